The summed E-state index contributed by atoms with van der Waals surface area (Å²) in [4.78, 5) is 34.6. The number of sulfone groups is 1. The van der Waals surface area contributed by atoms with Gasteiger partial charge in [0.2, 0.25) is 0 Å². The summed E-state index contributed by atoms with van der Waals surface area (Å²) in [6, 6.07) is 8.19. The van der Waals surface area contributed by atoms with E-state index in [0.29, 0.717) is 18.4 Å². The summed E-state index contributed by atoms with van der Waals surface area (Å²) in [5.41, 5.74) is 14.7. The molecule has 1 amide bonds. The lowest BCUT2D eigenvalue weighted by Gasteiger charge is -2.38. The highest BCUT2D eigenvalue weighted by atomic mass is 32.2. The Bertz CT molecular complexity index is 1560. The summed E-state index contributed by atoms with van der Waals surface area (Å²) >= 11 is 0. The minimum atomic E-state index is -3.31. The second kappa shape index (κ2) is 12.0. The van der Waals surface area contributed by atoms with Gasteiger partial charge in [-0.1, -0.05) is 6.92 Å². The molecule has 2 aromatic heterocycles. The minimum absolute atomic E-state index is 0.0143. The first-order valence-corrected chi connectivity index (χ1v) is 15.5. The van der Waals surface area contributed by atoms with Crippen molar-refractivity contribution >= 4 is 27.2 Å². The van der Waals surface area contributed by atoms with Gasteiger partial charge < -0.3 is 16.8 Å². The van der Waals surface area contributed by atoms with Crippen LogP contribution in [-0.4, -0.2) is 53.7 Å². The van der Waals surface area contributed by atoms with Gasteiger partial charge in [0.15, 0.2) is 15.6 Å². The smallest absolute Gasteiger partial charge is 0.251 e. The first kappa shape index (κ1) is 30.3. The first-order chi connectivity index (χ1) is 19.3. The van der Waals surface area contributed by atoms with Crippen molar-refractivity contribution in [3.05, 3.63) is 77.0 Å². The third-order valence-corrected chi connectivity index (χ3v) is 9.34. The zero-order valence-electron chi connectivity index (χ0n) is 23.6. The number of carbonyl (C=O) groups is 2. The van der Waals surface area contributed by atoms with Crippen LogP contribution in [0.25, 0.3) is 11.3 Å². The number of nitrogens with two attached hydrogens (primary N) is 2. The van der Waals surface area contributed by atoms with Crippen molar-refractivity contribution in [2.24, 2.45) is 11.7 Å². The third-order valence-electron chi connectivity index (χ3n) is 7.54. The molecular formula is C30H36FN5O4S. The fraction of sp³-hybridized carbons (Fsp3) is 0.400. The minimum Gasteiger partial charge on any atom is -0.397 e. The van der Waals surface area contributed by atoms with Crippen LogP contribution in [0.4, 0.5) is 10.1 Å². The van der Waals surface area contributed by atoms with Crippen LogP contribution in [0.5, 0.6) is 0 Å². The Morgan fingerprint density at radius 1 is 1.15 bits per heavy atom. The van der Waals surface area contributed by atoms with E-state index < -0.39 is 26.9 Å². The van der Waals surface area contributed by atoms with E-state index in [1.54, 1.807) is 12.4 Å². The van der Waals surface area contributed by atoms with Gasteiger partial charge in [0, 0.05) is 48.3 Å². The molecule has 4 rings (SSSR count). The van der Waals surface area contributed by atoms with E-state index in [1.807, 2.05) is 26.8 Å². The maximum atomic E-state index is 14.8. The number of hydrogen-bond donors (Lipinski definition) is 3. The van der Waals surface area contributed by atoms with Crippen LogP contribution in [-0.2, 0) is 16.3 Å². The quantitative estimate of drug-likeness (QED) is 0.340. The fourth-order valence-electron chi connectivity index (χ4n) is 5.85. The van der Waals surface area contributed by atoms with Crippen LogP contribution >= 0.6 is 0 Å². The molecule has 1 aromatic carbocycles. The fourth-order valence-corrected chi connectivity index (χ4v) is 7.55. The largest absolute Gasteiger partial charge is 0.397 e. The molecule has 1 saturated carbocycles. The highest BCUT2D eigenvalue weighted by Crippen LogP contribution is 2.39. The second-order valence-electron chi connectivity index (χ2n) is 11.2. The monoisotopic (exact) mass is 581 g/mol. The Hall–Kier alpha value is -3.70. The Morgan fingerprint density at radius 2 is 1.88 bits per heavy atom. The normalized spacial score (nSPS) is 21.0. The summed E-state index contributed by atoms with van der Waals surface area (Å²) in [6.45, 7) is 5.54. The van der Waals surface area contributed by atoms with Crippen LogP contribution in [0.1, 0.15) is 71.5 Å². The van der Waals surface area contributed by atoms with Gasteiger partial charge in [-0.15, -0.1) is 0 Å². The molecule has 0 bridgehead atoms. The summed E-state index contributed by atoms with van der Waals surface area (Å²) in [7, 11) is -3.31. The van der Waals surface area contributed by atoms with Gasteiger partial charge in [-0.05, 0) is 86.1 Å². The van der Waals surface area contributed by atoms with E-state index in [1.165, 1.54) is 36.6 Å². The first-order valence-electron chi connectivity index (χ1n) is 13.5. The average Bonchev–Trinajstić information content (AvgIpc) is 2.88. The molecule has 41 heavy (non-hydrogen) atoms. The molecule has 0 saturated heterocycles. The van der Waals surface area contributed by atoms with Crippen molar-refractivity contribution in [2.75, 3.05) is 12.0 Å². The lowest BCUT2D eigenvalue weighted by molar-refractivity contribution is 0.0941. The van der Waals surface area contributed by atoms with Crippen LogP contribution in [0.2, 0.25) is 0 Å². The van der Waals surface area contributed by atoms with Crippen LogP contribution in [0, 0.1) is 11.7 Å². The summed E-state index contributed by atoms with van der Waals surface area (Å²) < 4.78 is 39.4. The molecule has 9 nitrogen and oxygen atoms in total. The molecule has 1 fully saturated rings. The predicted octanol–water partition coefficient (Wildman–Crippen LogP) is 3.68. The predicted molar refractivity (Wildman–Crippen MR) is 157 cm³/mol. The number of Topliss-reactive ketones (excluding diaryl/α,β-unsaturated/α-hetero) is 1. The number of nitrogens with one attached hydrogen (secondary N) is 1. The van der Waals surface area contributed by atoms with Crippen molar-refractivity contribution in [3.8, 4) is 11.3 Å². The van der Waals surface area contributed by atoms with E-state index >= 15 is 0 Å². The average molecular weight is 582 g/mol. The Balaban J connectivity index is 1.61. The van der Waals surface area contributed by atoms with Crippen molar-refractivity contribution in [1.29, 1.82) is 0 Å². The molecule has 0 aliphatic heterocycles. The van der Waals surface area contributed by atoms with E-state index in [2.05, 4.69) is 15.3 Å². The van der Waals surface area contributed by atoms with Crippen molar-refractivity contribution < 1.29 is 22.4 Å². The van der Waals surface area contributed by atoms with Gasteiger partial charge in [0.1, 0.15) is 11.5 Å². The number of hydrogen-bond acceptors (Lipinski definition) is 8. The van der Waals surface area contributed by atoms with Gasteiger partial charge in [0.25, 0.3) is 5.91 Å². The van der Waals surface area contributed by atoms with Crippen molar-refractivity contribution in [1.82, 2.24) is 15.3 Å². The van der Waals surface area contributed by atoms with Crippen LogP contribution < -0.4 is 16.8 Å². The number of ketones is 1. The van der Waals surface area contributed by atoms with Crippen molar-refractivity contribution in [3.63, 3.8) is 0 Å². The molecule has 1 aliphatic carbocycles. The van der Waals surface area contributed by atoms with Gasteiger partial charge in [0.05, 0.1) is 16.6 Å². The molecule has 4 atom stereocenters. The van der Waals surface area contributed by atoms with Crippen LogP contribution in [0.3, 0.4) is 0 Å². The maximum Gasteiger partial charge on any atom is 0.251 e. The number of nitrogen functional groups attached to an aromatic ring is 1. The summed E-state index contributed by atoms with van der Waals surface area (Å²) in [5, 5.41) is 2.15. The van der Waals surface area contributed by atoms with Gasteiger partial charge in [-0.3, -0.25) is 14.6 Å². The highest BCUT2D eigenvalue weighted by Gasteiger charge is 2.40. The molecule has 0 radical (unpaired) electrons. The molecule has 2 heterocycles. The zero-order valence-corrected chi connectivity index (χ0v) is 24.4. The number of carbonyl (C=O) groups excluding carboxylic acids is 2. The third kappa shape index (κ3) is 6.79. The molecule has 0 unspecified atom stereocenters. The lowest BCUT2D eigenvalue weighted by Crippen LogP contribution is -2.48. The summed E-state index contributed by atoms with van der Waals surface area (Å²) in [5.74, 6) is -1.52. The molecule has 3 aromatic rings. The Labute approximate surface area is 239 Å². The number of benzene rings is 1. The highest BCUT2D eigenvalue weighted by molar-refractivity contribution is 7.91. The number of nitrogens with zero attached hydrogens (tertiary/aromatic N) is 2. The van der Waals surface area contributed by atoms with E-state index in [0.717, 1.165) is 5.56 Å². The molecule has 1 aliphatic rings. The SMILES string of the molecule is CC(C)NC(=O)c1ccc(F)c(-c2ccc(N)c(C(=O)Cc3cnccc3[C@H]3C[C@@H](N)[C@@H](S(C)(=O)=O)[C@@H](C)C3)n2)c1. The van der Waals surface area contributed by atoms with Gasteiger partial charge in [-0.2, -0.15) is 0 Å². The standard InChI is InChI=1S/C30H36FN5O4S/c1-16(2)35-30(38)18-5-6-23(31)22(12-18)26-8-7-24(32)28(36-26)27(37)14-20-15-34-10-9-21(20)19-11-17(3)29(25(33)13-19)41(4,39)40/h5-10,12,15-17,19,25,29H,11,13-14,32-33H2,1-4H3,(H,35,38)/t17-,19+,25+,29-/m0/s1. The number of anilines is 1. The maximum absolute atomic E-state index is 14.8. The number of pyridine rings is 2. The van der Waals surface area contributed by atoms with Gasteiger partial charge in [-0.25, -0.2) is 17.8 Å². The Morgan fingerprint density at radius 3 is 2.54 bits per heavy atom. The molecular weight excluding hydrogens is 545 g/mol. The molecule has 11 heteroatoms. The van der Waals surface area contributed by atoms with Crippen molar-refractivity contribution in [2.45, 2.75) is 63.3 Å². The van der Waals surface area contributed by atoms with Gasteiger partial charge >= 0.3 is 0 Å². The molecule has 5 N–H and O–H groups in total. The van der Waals surface area contributed by atoms with E-state index in [9.17, 15) is 22.4 Å². The topological polar surface area (TPSA) is 158 Å². The van der Waals surface area contributed by atoms with E-state index in [-0.39, 0.29) is 64.2 Å². The molecule has 218 valence electrons. The Kier molecular flexibility index (Phi) is 8.89. The number of halogens is 1. The number of amides is 1. The summed E-state index contributed by atoms with van der Waals surface area (Å²) in [6.07, 6.45) is 5.48. The van der Waals surface area contributed by atoms with E-state index in [4.69, 9.17) is 11.5 Å². The molecule has 0 spiro atoms. The number of rotatable bonds is 8. The lowest BCUT2D eigenvalue weighted by atomic mass is 9.75. The zero-order chi connectivity index (χ0) is 30.1. The second-order valence-corrected chi connectivity index (χ2v) is 13.4. The number of aromatic nitrogens is 2. The van der Waals surface area contributed by atoms with Crippen LogP contribution in [0.15, 0.2) is 48.8 Å².